The van der Waals surface area contributed by atoms with Gasteiger partial charge in [-0.3, -0.25) is 4.79 Å². The molecule has 0 atom stereocenters. The fraction of sp³-hybridized carbons (Fsp3) is 0.300. The van der Waals surface area contributed by atoms with Gasteiger partial charge in [-0.2, -0.15) is 0 Å². The van der Waals surface area contributed by atoms with E-state index in [4.69, 9.17) is 21.1 Å². The summed E-state index contributed by atoms with van der Waals surface area (Å²) in [4.78, 5) is 11.0. The van der Waals surface area contributed by atoms with Crippen molar-refractivity contribution in [1.82, 2.24) is 0 Å². The van der Waals surface area contributed by atoms with Crippen molar-refractivity contribution in [2.75, 3.05) is 6.79 Å². The summed E-state index contributed by atoms with van der Waals surface area (Å²) in [6, 6.07) is 3.42. The van der Waals surface area contributed by atoms with E-state index < -0.39 is 0 Å². The molecule has 1 aromatic carbocycles. The molecule has 3 nitrogen and oxygen atoms in total. The Kier molecular flexibility index (Phi) is 2.33. The van der Waals surface area contributed by atoms with Crippen LogP contribution < -0.4 is 9.47 Å². The average Bonchev–Trinajstić information content (AvgIpc) is 2.50. The molecule has 0 N–H and O–H groups in total. The second-order valence-corrected chi connectivity index (χ2v) is 3.61. The second-order valence-electron chi connectivity index (χ2n) is 3.18. The number of benzene rings is 1. The molecule has 1 aliphatic heterocycles. The van der Waals surface area contributed by atoms with E-state index in [1.165, 1.54) is 6.92 Å². The predicted octanol–water partition coefficient (Wildman–Crippen LogP) is 2.20. The van der Waals surface area contributed by atoms with Gasteiger partial charge in [-0.25, -0.2) is 0 Å². The van der Waals surface area contributed by atoms with Crippen LogP contribution in [0.4, 0.5) is 0 Å². The lowest BCUT2D eigenvalue weighted by Crippen LogP contribution is -1.99. The molecule has 0 spiro atoms. The standard InChI is InChI=1S/C10H9ClO3/c1-6(12)2-7-3-8(11)4-9-10(7)14-5-13-9/h3-4H,2,5H2,1H3. The molecule has 0 radical (unpaired) electrons. The Morgan fingerprint density at radius 1 is 1.50 bits per heavy atom. The minimum Gasteiger partial charge on any atom is -0.454 e. The number of Topliss-reactive ketones (excluding diaryl/α,β-unsaturated/α-hetero) is 1. The minimum absolute atomic E-state index is 0.0740. The van der Waals surface area contributed by atoms with E-state index >= 15 is 0 Å². The van der Waals surface area contributed by atoms with Gasteiger partial charge in [0.2, 0.25) is 6.79 Å². The van der Waals surface area contributed by atoms with E-state index in [1.807, 2.05) is 0 Å². The molecule has 14 heavy (non-hydrogen) atoms. The Bertz CT molecular complexity index is 387. The van der Waals surface area contributed by atoms with Gasteiger partial charge in [0.15, 0.2) is 11.5 Å². The van der Waals surface area contributed by atoms with E-state index in [1.54, 1.807) is 12.1 Å². The maximum atomic E-state index is 11.0. The van der Waals surface area contributed by atoms with Crippen molar-refractivity contribution >= 4 is 17.4 Å². The van der Waals surface area contributed by atoms with Crippen molar-refractivity contribution in [3.05, 3.63) is 22.7 Å². The molecular weight excluding hydrogens is 204 g/mol. The normalized spacial score (nSPS) is 13.0. The van der Waals surface area contributed by atoms with Crippen LogP contribution in [0.2, 0.25) is 5.02 Å². The van der Waals surface area contributed by atoms with E-state index in [0.29, 0.717) is 22.9 Å². The molecule has 0 saturated carbocycles. The van der Waals surface area contributed by atoms with E-state index in [2.05, 4.69) is 0 Å². The molecular formula is C10H9ClO3. The number of hydrogen-bond donors (Lipinski definition) is 0. The maximum absolute atomic E-state index is 11.0. The third-order valence-corrected chi connectivity index (χ3v) is 2.17. The monoisotopic (exact) mass is 212 g/mol. The topological polar surface area (TPSA) is 35.5 Å². The summed E-state index contributed by atoms with van der Waals surface area (Å²) in [5.74, 6) is 1.34. The molecule has 1 heterocycles. The molecule has 0 saturated heterocycles. The third kappa shape index (κ3) is 1.68. The van der Waals surface area contributed by atoms with Gasteiger partial charge in [0.25, 0.3) is 0 Å². The summed E-state index contributed by atoms with van der Waals surface area (Å²) in [7, 11) is 0. The SMILES string of the molecule is CC(=O)Cc1cc(Cl)cc2c1OCO2. The van der Waals surface area contributed by atoms with Crippen LogP contribution in [0.25, 0.3) is 0 Å². The number of carbonyl (C=O) groups is 1. The molecule has 74 valence electrons. The molecule has 1 aliphatic rings. The van der Waals surface area contributed by atoms with Crippen molar-refractivity contribution in [3.63, 3.8) is 0 Å². The van der Waals surface area contributed by atoms with Crippen LogP contribution in [-0.4, -0.2) is 12.6 Å². The first-order valence-electron chi connectivity index (χ1n) is 4.24. The summed E-state index contributed by atoms with van der Waals surface area (Å²) in [5, 5.41) is 0.561. The fourth-order valence-electron chi connectivity index (χ4n) is 1.45. The number of rotatable bonds is 2. The molecule has 0 amide bonds. The van der Waals surface area contributed by atoms with E-state index in [0.717, 1.165) is 5.56 Å². The van der Waals surface area contributed by atoms with Crippen LogP contribution in [0.5, 0.6) is 11.5 Å². The molecule has 0 unspecified atom stereocenters. The van der Waals surface area contributed by atoms with Crippen LogP contribution in [-0.2, 0) is 11.2 Å². The first-order chi connectivity index (χ1) is 6.66. The number of fused-ring (bicyclic) bond motifs is 1. The van der Waals surface area contributed by atoms with Crippen molar-refractivity contribution < 1.29 is 14.3 Å². The van der Waals surface area contributed by atoms with Gasteiger partial charge in [0.1, 0.15) is 5.78 Å². The molecule has 2 rings (SSSR count). The zero-order chi connectivity index (χ0) is 10.1. The van der Waals surface area contributed by atoms with Crippen molar-refractivity contribution in [2.45, 2.75) is 13.3 Å². The van der Waals surface area contributed by atoms with E-state index in [9.17, 15) is 4.79 Å². The Labute approximate surface area is 86.6 Å². The summed E-state index contributed by atoms with van der Waals surface area (Å²) in [5.41, 5.74) is 0.789. The highest BCUT2D eigenvalue weighted by molar-refractivity contribution is 6.30. The summed E-state index contributed by atoms with van der Waals surface area (Å²) >= 11 is 5.87. The molecule has 0 aliphatic carbocycles. The van der Waals surface area contributed by atoms with Crippen LogP contribution in [0.1, 0.15) is 12.5 Å². The lowest BCUT2D eigenvalue weighted by molar-refractivity contribution is -0.116. The van der Waals surface area contributed by atoms with E-state index in [-0.39, 0.29) is 12.6 Å². The van der Waals surface area contributed by atoms with Crippen molar-refractivity contribution in [3.8, 4) is 11.5 Å². The third-order valence-electron chi connectivity index (χ3n) is 1.95. The molecule has 4 heteroatoms. The van der Waals surface area contributed by atoms with Crippen molar-refractivity contribution in [1.29, 1.82) is 0 Å². The van der Waals surface area contributed by atoms with Gasteiger partial charge in [0.05, 0.1) is 0 Å². The Morgan fingerprint density at radius 3 is 3.00 bits per heavy atom. The number of carbonyl (C=O) groups excluding carboxylic acids is 1. The first kappa shape index (κ1) is 9.34. The number of ketones is 1. The van der Waals surface area contributed by atoms with Gasteiger partial charge in [-0.1, -0.05) is 11.6 Å². The highest BCUT2D eigenvalue weighted by atomic mass is 35.5. The number of halogens is 1. The lowest BCUT2D eigenvalue weighted by atomic mass is 10.1. The Hall–Kier alpha value is -1.22. The van der Waals surface area contributed by atoms with Gasteiger partial charge in [0, 0.05) is 23.1 Å². The van der Waals surface area contributed by atoms with Crippen LogP contribution in [0.15, 0.2) is 12.1 Å². The zero-order valence-corrected chi connectivity index (χ0v) is 8.43. The van der Waals surface area contributed by atoms with Gasteiger partial charge in [-0.15, -0.1) is 0 Å². The molecule has 1 aromatic rings. The molecule has 0 aromatic heterocycles. The van der Waals surface area contributed by atoms with Crippen LogP contribution in [0.3, 0.4) is 0 Å². The molecule has 0 fully saturated rings. The Morgan fingerprint density at radius 2 is 2.29 bits per heavy atom. The lowest BCUT2D eigenvalue weighted by Gasteiger charge is -2.04. The van der Waals surface area contributed by atoms with Crippen LogP contribution in [0, 0.1) is 0 Å². The quantitative estimate of drug-likeness (QED) is 0.754. The minimum atomic E-state index is 0.0740. The van der Waals surface area contributed by atoms with Crippen molar-refractivity contribution in [2.24, 2.45) is 0 Å². The maximum Gasteiger partial charge on any atom is 0.231 e. The Balaban J connectivity index is 2.43. The largest absolute Gasteiger partial charge is 0.454 e. The zero-order valence-electron chi connectivity index (χ0n) is 7.67. The smallest absolute Gasteiger partial charge is 0.231 e. The summed E-state index contributed by atoms with van der Waals surface area (Å²) in [6.07, 6.45) is 0.326. The second kappa shape index (κ2) is 3.50. The average molecular weight is 213 g/mol. The highest BCUT2D eigenvalue weighted by Crippen LogP contribution is 2.38. The molecule has 0 bridgehead atoms. The van der Waals surface area contributed by atoms with Gasteiger partial charge < -0.3 is 9.47 Å². The first-order valence-corrected chi connectivity index (χ1v) is 4.62. The summed E-state index contributed by atoms with van der Waals surface area (Å²) in [6.45, 7) is 1.73. The number of hydrogen-bond acceptors (Lipinski definition) is 3. The highest BCUT2D eigenvalue weighted by Gasteiger charge is 2.19. The fourth-order valence-corrected chi connectivity index (χ4v) is 1.68. The number of ether oxygens (including phenoxy) is 2. The van der Waals surface area contributed by atoms with Gasteiger partial charge in [-0.05, 0) is 13.0 Å². The summed E-state index contributed by atoms with van der Waals surface area (Å²) < 4.78 is 10.4. The van der Waals surface area contributed by atoms with Gasteiger partial charge >= 0.3 is 0 Å². The predicted molar refractivity (Wildman–Crippen MR) is 52.0 cm³/mol. The van der Waals surface area contributed by atoms with Crippen LogP contribution >= 0.6 is 11.6 Å².